The summed E-state index contributed by atoms with van der Waals surface area (Å²) in [6, 6.07) is 16.7. The molecule has 0 N–H and O–H groups in total. The molecule has 0 spiro atoms. The summed E-state index contributed by atoms with van der Waals surface area (Å²) < 4.78 is 5.45. The van der Waals surface area contributed by atoms with Gasteiger partial charge in [-0.3, -0.25) is 0 Å². The first-order chi connectivity index (χ1) is 9.50. The van der Waals surface area contributed by atoms with E-state index in [4.69, 9.17) is 4.74 Å². The summed E-state index contributed by atoms with van der Waals surface area (Å²) in [6.07, 6.45) is 4.23. The van der Waals surface area contributed by atoms with Crippen molar-refractivity contribution in [2.75, 3.05) is 7.11 Å². The van der Waals surface area contributed by atoms with E-state index < -0.39 is 0 Å². The molecule has 1 heteroatoms. The highest BCUT2D eigenvalue weighted by Crippen LogP contribution is 2.29. The van der Waals surface area contributed by atoms with Gasteiger partial charge in [-0.25, -0.2) is 0 Å². The molecule has 104 valence electrons. The fraction of sp³-hybridized carbons (Fsp3) is 0.263. The van der Waals surface area contributed by atoms with Gasteiger partial charge in [0.05, 0.1) is 7.11 Å². The molecule has 0 unspecified atom stereocenters. The lowest BCUT2D eigenvalue weighted by Gasteiger charge is -2.20. The topological polar surface area (TPSA) is 9.23 Å². The van der Waals surface area contributed by atoms with Crippen molar-refractivity contribution in [2.45, 2.75) is 26.2 Å². The molecule has 2 aromatic rings. The SMILES string of the molecule is COc1ccc(C(C)(C)C)cc1C=Cc1ccccc1. The van der Waals surface area contributed by atoms with Gasteiger partial charge in [0.15, 0.2) is 0 Å². The van der Waals surface area contributed by atoms with Gasteiger partial charge in [0, 0.05) is 5.56 Å². The Hall–Kier alpha value is -2.02. The number of hydrogen-bond donors (Lipinski definition) is 0. The lowest BCUT2D eigenvalue weighted by molar-refractivity contribution is 0.413. The predicted octanol–water partition coefficient (Wildman–Crippen LogP) is 5.16. The van der Waals surface area contributed by atoms with Crippen LogP contribution in [0.1, 0.15) is 37.5 Å². The zero-order valence-corrected chi connectivity index (χ0v) is 12.7. The lowest BCUT2D eigenvalue weighted by Crippen LogP contribution is -2.11. The van der Waals surface area contributed by atoms with Crippen LogP contribution in [-0.4, -0.2) is 7.11 Å². The number of benzene rings is 2. The van der Waals surface area contributed by atoms with E-state index in [0.29, 0.717) is 0 Å². The van der Waals surface area contributed by atoms with E-state index in [1.807, 2.05) is 24.3 Å². The molecule has 0 heterocycles. The molecule has 2 aromatic carbocycles. The van der Waals surface area contributed by atoms with Gasteiger partial charge >= 0.3 is 0 Å². The van der Waals surface area contributed by atoms with Gasteiger partial charge in [0.2, 0.25) is 0 Å². The van der Waals surface area contributed by atoms with Crippen molar-refractivity contribution >= 4 is 12.2 Å². The monoisotopic (exact) mass is 266 g/mol. The number of hydrogen-bond acceptors (Lipinski definition) is 1. The van der Waals surface area contributed by atoms with E-state index in [1.54, 1.807) is 7.11 Å². The normalized spacial score (nSPS) is 11.8. The van der Waals surface area contributed by atoms with Crippen LogP contribution in [0.5, 0.6) is 5.75 Å². The largest absolute Gasteiger partial charge is 0.496 e. The Bertz CT molecular complexity index is 589. The van der Waals surface area contributed by atoms with Gasteiger partial charge in [-0.15, -0.1) is 0 Å². The first-order valence-electron chi connectivity index (χ1n) is 6.92. The Labute approximate surface area is 121 Å². The highest BCUT2D eigenvalue weighted by Gasteiger charge is 2.14. The maximum Gasteiger partial charge on any atom is 0.126 e. The molecule has 0 saturated carbocycles. The van der Waals surface area contributed by atoms with Crippen molar-refractivity contribution in [3.8, 4) is 5.75 Å². The van der Waals surface area contributed by atoms with Crippen LogP contribution in [0.4, 0.5) is 0 Å². The van der Waals surface area contributed by atoms with Crippen molar-refractivity contribution in [3.63, 3.8) is 0 Å². The number of methoxy groups -OCH3 is 1. The van der Waals surface area contributed by atoms with Crippen LogP contribution in [0.3, 0.4) is 0 Å². The van der Waals surface area contributed by atoms with E-state index in [1.165, 1.54) is 11.1 Å². The van der Waals surface area contributed by atoms with Crippen LogP contribution in [0.2, 0.25) is 0 Å². The molecule has 0 amide bonds. The standard InChI is InChI=1S/C19H22O/c1-19(2,3)17-12-13-18(20-4)16(14-17)11-10-15-8-6-5-7-9-15/h5-14H,1-4H3. The van der Waals surface area contributed by atoms with Crippen LogP contribution >= 0.6 is 0 Å². The van der Waals surface area contributed by atoms with Gasteiger partial charge in [-0.1, -0.05) is 69.3 Å². The molecule has 1 nitrogen and oxygen atoms in total. The average Bonchev–Trinajstić information content (AvgIpc) is 2.45. The Kier molecular flexibility index (Phi) is 4.29. The minimum atomic E-state index is 0.140. The van der Waals surface area contributed by atoms with Gasteiger partial charge in [-0.05, 0) is 28.7 Å². The van der Waals surface area contributed by atoms with Crippen molar-refractivity contribution < 1.29 is 4.74 Å². The average molecular weight is 266 g/mol. The second-order valence-corrected chi connectivity index (χ2v) is 5.95. The summed E-state index contributed by atoms with van der Waals surface area (Å²) in [4.78, 5) is 0. The molecule has 2 rings (SSSR count). The van der Waals surface area contributed by atoms with Crippen LogP contribution in [0.15, 0.2) is 48.5 Å². The van der Waals surface area contributed by atoms with Gasteiger partial charge < -0.3 is 4.74 Å². The lowest BCUT2D eigenvalue weighted by atomic mass is 9.86. The van der Waals surface area contributed by atoms with E-state index in [2.05, 4.69) is 57.2 Å². The van der Waals surface area contributed by atoms with Crippen molar-refractivity contribution in [3.05, 3.63) is 65.2 Å². The van der Waals surface area contributed by atoms with Crippen molar-refractivity contribution in [2.24, 2.45) is 0 Å². The molecule has 0 aliphatic carbocycles. The summed E-state index contributed by atoms with van der Waals surface area (Å²) in [6.45, 7) is 6.67. The molecule has 0 aliphatic rings. The number of ether oxygens (including phenoxy) is 1. The Morgan fingerprint density at radius 2 is 1.60 bits per heavy atom. The molecule has 0 saturated heterocycles. The van der Waals surface area contributed by atoms with Crippen LogP contribution < -0.4 is 4.74 Å². The summed E-state index contributed by atoms with van der Waals surface area (Å²) in [5.74, 6) is 0.908. The van der Waals surface area contributed by atoms with E-state index in [9.17, 15) is 0 Å². The second kappa shape index (κ2) is 5.96. The van der Waals surface area contributed by atoms with Crippen molar-refractivity contribution in [1.29, 1.82) is 0 Å². The summed E-state index contributed by atoms with van der Waals surface area (Å²) in [5, 5.41) is 0. The maximum atomic E-state index is 5.45. The minimum Gasteiger partial charge on any atom is -0.496 e. The third-order valence-corrected chi connectivity index (χ3v) is 3.35. The fourth-order valence-electron chi connectivity index (χ4n) is 2.08. The zero-order valence-electron chi connectivity index (χ0n) is 12.7. The van der Waals surface area contributed by atoms with Gasteiger partial charge in [-0.2, -0.15) is 0 Å². The first-order valence-corrected chi connectivity index (χ1v) is 6.92. The highest BCUT2D eigenvalue weighted by molar-refractivity contribution is 5.73. The third-order valence-electron chi connectivity index (χ3n) is 3.35. The van der Waals surface area contributed by atoms with Gasteiger partial charge in [0.1, 0.15) is 5.75 Å². The van der Waals surface area contributed by atoms with Crippen LogP contribution in [0, 0.1) is 0 Å². The predicted molar refractivity (Wildman–Crippen MR) is 87.1 cm³/mol. The van der Waals surface area contributed by atoms with E-state index >= 15 is 0 Å². The van der Waals surface area contributed by atoms with Gasteiger partial charge in [0.25, 0.3) is 0 Å². The molecule has 0 aromatic heterocycles. The Balaban J connectivity index is 2.36. The molecule has 0 bridgehead atoms. The summed E-state index contributed by atoms with van der Waals surface area (Å²) in [5.41, 5.74) is 3.76. The van der Waals surface area contributed by atoms with Crippen molar-refractivity contribution in [1.82, 2.24) is 0 Å². The number of rotatable bonds is 3. The molecule has 0 atom stereocenters. The molecule has 0 radical (unpaired) electrons. The fourth-order valence-corrected chi connectivity index (χ4v) is 2.08. The molecular formula is C19H22O. The quantitative estimate of drug-likeness (QED) is 0.697. The molecule has 0 aliphatic heterocycles. The van der Waals surface area contributed by atoms with E-state index in [-0.39, 0.29) is 5.41 Å². The smallest absolute Gasteiger partial charge is 0.126 e. The molecule has 20 heavy (non-hydrogen) atoms. The second-order valence-electron chi connectivity index (χ2n) is 5.95. The third kappa shape index (κ3) is 3.51. The maximum absolute atomic E-state index is 5.45. The Morgan fingerprint density at radius 1 is 0.900 bits per heavy atom. The van der Waals surface area contributed by atoms with E-state index in [0.717, 1.165) is 11.3 Å². The highest BCUT2D eigenvalue weighted by atomic mass is 16.5. The van der Waals surface area contributed by atoms with Crippen LogP contribution in [0.25, 0.3) is 12.2 Å². The molecular weight excluding hydrogens is 244 g/mol. The molecule has 0 fully saturated rings. The Morgan fingerprint density at radius 3 is 2.20 bits per heavy atom. The first kappa shape index (κ1) is 14.4. The summed E-state index contributed by atoms with van der Waals surface area (Å²) in [7, 11) is 1.71. The van der Waals surface area contributed by atoms with Crippen LogP contribution in [-0.2, 0) is 5.41 Å². The minimum absolute atomic E-state index is 0.140. The zero-order chi connectivity index (χ0) is 14.6. The summed E-state index contributed by atoms with van der Waals surface area (Å²) >= 11 is 0.